The summed E-state index contributed by atoms with van der Waals surface area (Å²) in [7, 11) is 0. The molecular formula is C21H23N7. The quantitative estimate of drug-likeness (QED) is 0.440. The maximum Gasteiger partial charge on any atom is 0.244 e. The molecule has 0 aliphatic heterocycles. The second-order valence-electron chi connectivity index (χ2n) is 5.88. The van der Waals surface area contributed by atoms with Gasteiger partial charge in [0.1, 0.15) is 0 Å². The number of benzene rings is 1. The number of aromatic nitrogens is 4. The van der Waals surface area contributed by atoms with Crippen molar-refractivity contribution in [2.75, 3.05) is 17.2 Å². The zero-order valence-corrected chi connectivity index (χ0v) is 15.8. The first-order chi connectivity index (χ1) is 13.8. The van der Waals surface area contributed by atoms with Gasteiger partial charge in [-0.05, 0) is 44.0 Å². The first-order valence-corrected chi connectivity index (χ1v) is 8.99. The van der Waals surface area contributed by atoms with E-state index >= 15 is 0 Å². The molecule has 0 aliphatic rings. The van der Waals surface area contributed by atoms with Crippen molar-refractivity contribution >= 4 is 18.6 Å². The Bertz CT molecular complexity index is 943. The van der Waals surface area contributed by atoms with Gasteiger partial charge in [-0.2, -0.15) is 9.67 Å². The Hall–Kier alpha value is -3.74. The van der Waals surface area contributed by atoms with Crippen LogP contribution in [-0.2, 0) is 6.54 Å². The molecule has 2 N–H and O–H groups in total. The van der Waals surface area contributed by atoms with Crippen LogP contribution < -0.4 is 10.6 Å². The number of para-hydroxylation sites is 1. The SMILES string of the molecule is C=N/C(=C\C=C/C)CNc1nc(NCc2ccccn2)nn1-c1ccccc1. The van der Waals surface area contributed by atoms with Crippen LogP contribution in [0.2, 0.25) is 0 Å². The van der Waals surface area contributed by atoms with Gasteiger partial charge in [-0.25, -0.2) is 0 Å². The summed E-state index contributed by atoms with van der Waals surface area (Å²) in [5, 5.41) is 11.1. The van der Waals surface area contributed by atoms with Crippen LogP contribution in [-0.4, -0.2) is 33.0 Å². The number of hydrogen-bond donors (Lipinski definition) is 2. The van der Waals surface area contributed by atoms with Gasteiger partial charge in [0, 0.05) is 6.20 Å². The number of nitrogens with one attached hydrogen (secondary N) is 2. The lowest BCUT2D eigenvalue weighted by Crippen LogP contribution is -2.09. The molecule has 0 amide bonds. The zero-order chi connectivity index (χ0) is 19.6. The van der Waals surface area contributed by atoms with Gasteiger partial charge in [0.2, 0.25) is 11.9 Å². The molecule has 2 heterocycles. The van der Waals surface area contributed by atoms with Gasteiger partial charge in [-0.3, -0.25) is 9.98 Å². The summed E-state index contributed by atoms with van der Waals surface area (Å²) in [6.07, 6.45) is 7.54. The summed E-state index contributed by atoms with van der Waals surface area (Å²) in [6.45, 7) is 6.60. The average Bonchev–Trinajstić information content (AvgIpc) is 3.17. The fourth-order valence-electron chi connectivity index (χ4n) is 2.47. The van der Waals surface area contributed by atoms with Crippen LogP contribution in [0.15, 0.2) is 83.6 Å². The molecule has 7 nitrogen and oxygen atoms in total. The van der Waals surface area contributed by atoms with E-state index in [0.717, 1.165) is 17.1 Å². The normalized spacial score (nSPS) is 11.5. The minimum atomic E-state index is 0.485. The van der Waals surface area contributed by atoms with Crippen LogP contribution in [0.25, 0.3) is 5.69 Å². The van der Waals surface area contributed by atoms with Gasteiger partial charge in [0.25, 0.3) is 0 Å². The second-order valence-corrected chi connectivity index (χ2v) is 5.88. The van der Waals surface area contributed by atoms with Crippen molar-refractivity contribution in [1.29, 1.82) is 0 Å². The van der Waals surface area contributed by atoms with Gasteiger partial charge in [0.05, 0.1) is 30.2 Å². The van der Waals surface area contributed by atoms with Crippen molar-refractivity contribution in [1.82, 2.24) is 19.7 Å². The van der Waals surface area contributed by atoms with E-state index in [1.165, 1.54) is 0 Å². The molecule has 0 atom stereocenters. The largest absolute Gasteiger partial charge is 0.348 e. The number of allylic oxidation sites excluding steroid dienone is 3. The smallest absolute Gasteiger partial charge is 0.244 e. The zero-order valence-electron chi connectivity index (χ0n) is 15.8. The molecule has 0 spiro atoms. The Labute approximate surface area is 164 Å². The number of rotatable bonds is 9. The average molecular weight is 373 g/mol. The summed E-state index contributed by atoms with van der Waals surface area (Å²) in [6, 6.07) is 15.6. The maximum atomic E-state index is 4.59. The molecule has 0 saturated heterocycles. The second kappa shape index (κ2) is 9.82. The molecule has 0 saturated carbocycles. The molecule has 7 heteroatoms. The molecule has 28 heavy (non-hydrogen) atoms. The topological polar surface area (TPSA) is 80.0 Å². The molecular weight excluding hydrogens is 350 g/mol. The van der Waals surface area contributed by atoms with Crippen molar-refractivity contribution < 1.29 is 0 Å². The number of aliphatic imine (C=N–C) groups is 1. The van der Waals surface area contributed by atoms with Gasteiger partial charge < -0.3 is 10.6 Å². The Morgan fingerprint density at radius 1 is 1.14 bits per heavy atom. The summed E-state index contributed by atoms with van der Waals surface area (Å²) >= 11 is 0. The van der Waals surface area contributed by atoms with Crippen molar-refractivity contribution in [3.63, 3.8) is 0 Å². The summed E-state index contributed by atoms with van der Waals surface area (Å²) in [5.41, 5.74) is 2.64. The number of nitrogens with zero attached hydrogens (tertiary/aromatic N) is 5. The molecule has 0 aliphatic carbocycles. The molecule has 0 bridgehead atoms. The lowest BCUT2D eigenvalue weighted by atomic mass is 10.3. The lowest BCUT2D eigenvalue weighted by Gasteiger charge is -2.07. The molecule has 0 radical (unpaired) electrons. The van der Waals surface area contributed by atoms with Crippen LogP contribution in [0.4, 0.5) is 11.9 Å². The monoisotopic (exact) mass is 373 g/mol. The molecule has 2 aromatic heterocycles. The predicted molar refractivity (Wildman–Crippen MR) is 114 cm³/mol. The van der Waals surface area contributed by atoms with E-state index in [2.05, 4.69) is 37.4 Å². The highest BCUT2D eigenvalue weighted by molar-refractivity contribution is 5.45. The minimum Gasteiger partial charge on any atom is -0.348 e. The van der Waals surface area contributed by atoms with Crippen molar-refractivity contribution in [2.45, 2.75) is 13.5 Å². The molecule has 0 unspecified atom stereocenters. The Morgan fingerprint density at radius 2 is 1.96 bits per heavy atom. The van der Waals surface area contributed by atoms with Crippen LogP contribution in [0.3, 0.4) is 0 Å². The summed E-state index contributed by atoms with van der Waals surface area (Å²) in [4.78, 5) is 12.9. The van der Waals surface area contributed by atoms with E-state index in [9.17, 15) is 0 Å². The third-order valence-corrected chi connectivity index (χ3v) is 3.87. The summed E-state index contributed by atoms with van der Waals surface area (Å²) < 4.78 is 1.76. The van der Waals surface area contributed by atoms with E-state index < -0.39 is 0 Å². The van der Waals surface area contributed by atoms with Gasteiger partial charge >= 0.3 is 0 Å². The van der Waals surface area contributed by atoms with Crippen LogP contribution in [0.5, 0.6) is 0 Å². The highest BCUT2D eigenvalue weighted by Gasteiger charge is 2.12. The number of anilines is 2. The molecule has 3 aromatic rings. The van der Waals surface area contributed by atoms with Gasteiger partial charge in [0.15, 0.2) is 0 Å². The van der Waals surface area contributed by atoms with Crippen molar-refractivity contribution in [3.8, 4) is 5.69 Å². The van der Waals surface area contributed by atoms with Crippen molar-refractivity contribution in [2.24, 2.45) is 4.99 Å². The Balaban J connectivity index is 1.80. The first-order valence-electron chi connectivity index (χ1n) is 8.99. The minimum absolute atomic E-state index is 0.485. The third-order valence-electron chi connectivity index (χ3n) is 3.87. The molecule has 1 aromatic carbocycles. The summed E-state index contributed by atoms with van der Waals surface area (Å²) in [5.74, 6) is 1.13. The van der Waals surface area contributed by atoms with Crippen molar-refractivity contribution in [3.05, 3.63) is 84.3 Å². The lowest BCUT2D eigenvalue weighted by molar-refractivity contribution is 0.873. The van der Waals surface area contributed by atoms with E-state index in [-0.39, 0.29) is 0 Å². The maximum absolute atomic E-state index is 4.59. The predicted octanol–water partition coefficient (Wildman–Crippen LogP) is 3.85. The third kappa shape index (κ3) is 5.14. The molecule has 0 fully saturated rings. The van der Waals surface area contributed by atoms with Crippen LogP contribution >= 0.6 is 0 Å². The number of hydrogen-bond acceptors (Lipinski definition) is 6. The first kappa shape index (κ1) is 19.0. The highest BCUT2D eigenvalue weighted by Crippen LogP contribution is 2.17. The van der Waals surface area contributed by atoms with E-state index in [1.54, 1.807) is 10.9 Å². The van der Waals surface area contributed by atoms with Gasteiger partial charge in [-0.15, -0.1) is 5.10 Å². The van der Waals surface area contributed by atoms with E-state index in [1.807, 2.05) is 73.7 Å². The van der Waals surface area contributed by atoms with E-state index in [0.29, 0.717) is 25.0 Å². The molecule has 3 rings (SSSR count). The highest BCUT2D eigenvalue weighted by atomic mass is 15.4. The Morgan fingerprint density at radius 3 is 2.68 bits per heavy atom. The van der Waals surface area contributed by atoms with Crippen LogP contribution in [0, 0.1) is 0 Å². The fourth-order valence-corrected chi connectivity index (χ4v) is 2.47. The Kier molecular flexibility index (Phi) is 6.67. The van der Waals surface area contributed by atoms with Gasteiger partial charge in [-0.1, -0.05) is 36.4 Å². The number of pyridine rings is 1. The van der Waals surface area contributed by atoms with Crippen LogP contribution in [0.1, 0.15) is 12.6 Å². The fraction of sp³-hybridized carbons (Fsp3) is 0.143. The van der Waals surface area contributed by atoms with E-state index in [4.69, 9.17) is 0 Å². The molecule has 142 valence electrons. The standard InChI is InChI=1S/C21H23N7/c1-3-4-10-17(22-2)15-25-21-26-20(24-16-18-11-8-9-14-23-18)27-28(21)19-12-6-5-7-13-19/h3-14H,2,15-16H2,1H3,(H2,24,25,26,27)/b4-3-,17-10-.